The van der Waals surface area contributed by atoms with Crippen molar-refractivity contribution in [3.05, 3.63) is 11.7 Å². The van der Waals surface area contributed by atoms with Crippen molar-refractivity contribution in [2.45, 2.75) is 89.4 Å². The van der Waals surface area contributed by atoms with Crippen LogP contribution in [0.3, 0.4) is 0 Å². The maximum Gasteiger partial charge on any atom is 0.328 e. The number of rotatable bonds is 17. The molecule has 0 bridgehead atoms. The van der Waals surface area contributed by atoms with Crippen LogP contribution < -0.4 is 21.7 Å². The van der Waals surface area contributed by atoms with Crippen LogP contribution in [0.4, 0.5) is 4.79 Å². The molecule has 13 heteroatoms. The van der Waals surface area contributed by atoms with Gasteiger partial charge in [0, 0.05) is 13.0 Å². The molecule has 0 fully saturated rings. The highest BCUT2D eigenvalue weighted by Gasteiger charge is 2.28. The first-order valence-corrected chi connectivity index (χ1v) is 11.6. The zero-order valence-electron chi connectivity index (χ0n) is 19.8. The van der Waals surface area contributed by atoms with Gasteiger partial charge in [0.1, 0.15) is 6.04 Å². The number of nitrogens with one attached hydrogen (secondary N) is 3. The van der Waals surface area contributed by atoms with Gasteiger partial charge in [-0.3, -0.25) is 4.79 Å². The first-order valence-electron chi connectivity index (χ1n) is 11.6. The number of urea groups is 1. The second-order valence-electron chi connectivity index (χ2n) is 8.16. The van der Waals surface area contributed by atoms with Crippen molar-refractivity contribution in [1.82, 2.24) is 26.1 Å². The molecule has 0 radical (unpaired) electrons. The molecule has 1 aromatic heterocycles. The number of carboxylic acid groups (broad SMARTS) is 1. The van der Waals surface area contributed by atoms with Gasteiger partial charge < -0.3 is 41.5 Å². The van der Waals surface area contributed by atoms with Crippen molar-refractivity contribution < 1.29 is 34.2 Å². The monoisotopic (exact) mass is 486 g/mol. The Kier molecular flexibility index (Phi) is 13.7. The summed E-state index contributed by atoms with van der Waals surface area (Å²) < 4.78 is 5.14. The van der Waals surface area contributed by atoms with E-state index in [1.54, 1.807) is 0 Å². The number of aliphatic carboxylic acids is 1. The maximum absolute atomic E-state index is 12.4. The van der Waals surface area contributed by atoms with Gasteiger partial charge in [-0.1, -0.05) is 44.2 Å². The van der Waals surface area contributed by atoms with Gasteiger partial charge in [0.2, 0.25) is 11.8 Å². The Morgan fingerprint density at radius 2 is 1.79 bits per heavy atom. The van der Waals surface area contributed by atoms with Gasteiger partial charge in [-0.15, -0.1) is 0 Å². The fourth-order valence-corrected chi connectivity index (χ4v) is 3.11. The van der Waals surface area contributed by atoms with Crippen LogP contribution in [0.5, 0.6) is 0 Å². The Morgan fingerprint density at radius 1 is 1.12 bits per heavy atom. The van der Waals surface area contributed by atoms with Crippen molar-refractivity contribution in [2.75, 3.05) is 13.2 Å². The molecule has 3 amide bonds. The lowest BCUT2D eigenvalue weighted by Crippen LogP contribution is -2.51. The minimum atomic E-state index is -1.54. The molecule has 8 N–H and O–H groups in total. The predicted octanol–water partition coefficient (Wildman–Crippen LogP) is 0.493. The first kappa shape index (κ1) is 29.3. The average molecular weight is 487 g/mol. The van der Waals surface area contributed by atoms with E-state index in [1.807, 2.05) is 0 Å². The van der Waals surface area contributed by atoms with Crippen LogP contribution in [-0.2, 0) is 9.59 Å². The van der Waals surface area contributed by atoms with Crippen LogP contribution in [0.2, 0.25) is 0 Å². The summed E-state index contributed by atoms with van der Waals surface area (Å²) in [6.07, 6.45) is 5.38. The van der Waals surface area contributed by atoms with Crippen LogP contribution in [0.15, 0.2) is 4.52 Å². The van der Waals surface area contributed by atoms with Gasteiger partial charge in [-0.05, 0) is 19.8 Å². The zero-order valence-corrected chi connectivity index (χ0v) is 19.8. The number of aliphatic hydroxyl groups is 2. The fraction of sp³-hybridized carbons (Fsp3) is 0.762. The fourth-order valence-electron chi connectivity index (χ4n) is 3.11. The lowest BCUT2D eigenvalue weighted by atomic mass is 10.1. The summed E-state index contributed by atoms with van der Waals surface area (Å²) in [5, 5.41) is 39.0. The zero-order chi connectivity index (χ0) is 25.5. The van der Waals surface area contributed by atoms with Crippen molar-refractivity contribution in [1.29, 1.82) is 0 Å². The Bertz CT molecular complexity index is 758. The maximum atomic E-state index is 12.4. The van der Waals surface area contributed by atoms with Gasteiger partial charge in [-0.25, -0.2) is 9.59 Å². The highest BCUT2D eigenvalue weighted by Crippen LogP contribution is 2.18. The van der Waals surface area contributed by atoms with Gasteiger partial charge in [-0.2, -0.15) is 4.98 Å². The molecule has 34 heavy (non-hydrogen) atoms. The Morgan fingerprint density at radius 3 is 2.41 bits per heavy atom. The normalized spacial score (nSPS) is 14.6. The third-order valence-corrected chi connectivity index (χ3v) is 5.14. The molecule has 1 heterocycles. The molecule has 0 aliphatic rings. The van der Waals surface area contributed by atoms with Crippen LogP contribution in [0.25, 0.3) is 0 Å². The molecular weight excluding hydrogens is 448 g/mol. The van der Waals surface area contributed by atoms with Crippen LogP contribution in [0.1, 0.15) is 89.0 Å². The van der Waals surface area contributed by atoms with E-state index in [2.05, 4.69) is 33.0 Å². The summed E-state index contributed by atoms with van der Waals surface area (Å²) in [5.74, 6) is -1.67. The number of carboxylic acids is 1. The summed E-state index contributed by atoms with van der Waals surface area (Å²) in [6.45, 7) is 3.51. The molecule has 1 aromatic rings. The van der Waals surface area contributed by atoms with Crippen LogP contribution in [0, 0.1) is 0 Å². The van der Waals surface area contributed by atoms with Crippen molar-refractivity contribution >= 4 is 17.9 Å². The number of carbonyl (C=O) groups excluding carboxylic acids is 2. The van der Waals surface area contributed by atoms with Gasteiger partial charge in [0.15, 0.2) is 11.9 Å². The second kappa shape index (κ2) is 16.0. The average Bonchev–Trinajstić information content (AvgIpc) is 3.28. The van der Waals surface area contributed by atoms with Crippen molar-refractivity contribution in [3.63, 3.8) is 0 Å². The number of aliphatic hydroxyl groups excluding tert-OH is 2. The molecule has 0 aliphatic heterocycles. The molecule has 13 nitrogen and oxygen atoms in total. The van der Waals surface area contributed by atoms with Gasteiger partial charge in [0.05, 0.1) is 18.8 Å². The Balaban J connectivity index is 2.69. The molecule has 0 spiro atoms. The van der Waals surface area contributed by atoms with E-state index in [1.165, 1.54) is 26.2 Å². The molecule has 0 saturated heterocycles. The third-order valence-electron chi connectivity index (χ3n) is 5.14. The van der Waals surface area contributed by atoms with Crippen LogP contribution >= 0.6 is 0 Å². The van der Waals surface area contributed by atoms with E-state index in [9.17, 15) is 19.5 Å². The largest absolute Gasteiger partial charge is 0.480 e. The van der Waals surface area contributed by atoms with Crippen molar-refractivity contribution in [3.8, 4) is 0 Å². The van der Waals surface area contributed by atoms with Gasteiger partial charge >= 0.3 is 12.0 Å². The smallest absolute Gasteiger partial charge is 0.328 e. The molecule has 0 saturated carbocycles. The molecule has 0 aromatic carbocycles. The number of nitrogens with zero attached hydrogens (tertiary/aromatic N) is 2. The lowest BCUT2D eigenvalue weighted by molar-refractivity contribution is -0.141. The number of hydrogen-bond donors (Lipinski definition) is 7. The summed E-state index contributed by atoms with van der Waals surface area (Å²) >= 11 is 0. The summed E-state index contributed by atoms with van der Waals surface area (Å²) in [6, 6.07) is -4.27. The third kappa shape index (κ3) is 10.9. The number of unbranched alkanes of at least 4 members (excludes halogenated alkanes) is 5. The Labute approximate surface area is 198 Å². The molecule has 4 atom stereocenters. The second-order valence-corrected chi connectivity index (χ2v) is 8.16. The SMILES string of the molecule is CCCCCCCCNC(=O)CC[C@H](NC(=O)NC(C(=O)O)C(C)O)c1nc([C@@H](N)CO)no1. The number of aromatic nitrogens is 2. The van der Waals surface area contributed by atoms with E-state index in [0.717, 1.165) is 19.3 Å². The van der Waals surface area contributed by atoms with E-state index in [-0.39, 0.29) is 30.5 Å². The quantitative estimate of drug-likeness (QED) is 0.151. The molecule has 1 rings (SSSR count). The highest BCUT2D eigenvalue weighted by molar-refractivity contribution is 5.83. The number of amides is 3. The van der Waals surface area contributed by atoms with Crippen LogP contribution in [-0.4, -0.2) is 68.7 Å². The standard InChI is InChI=1S/C21H38N6O7/c1-3-4-5-6-7-8-11-23-16(30)10-9-15(19-26-18(27-34-19)14(22)12-28)24-21(33)25-17(13(2)29)20(31)32/h13-15,17,28-29H,3-12,22H2,1-2H3,(H,23,30)(H,31,32)(H2,24,25,33)/t13?,14-,15-,17?/m0/s1. The van der Waals surface area contributed by atoms with E-state index in [0.29, 0.717) is 6.54 Å². The molecule has 0 aliphatic carbocycles. The lowest BCUT2D eigenvalue weighted by Gasteiger charge is -2.20. The van der Waals surface area contributed by atoms with E-state index >= 15 is 0 Å². The number of hydrogen-bond acceptors (Lipinski definition) is 9. The minimum Gasteiger partial charge on any atom is -0.480 e. The highest BCUT2D eigenvalue weighted by atomic mass is 16.5. The topological polar surface area (TPSA) is 213 Å². The number of carbonyl (C=O) groups is 3. The first-order chi connectivity index (χ1) is 16.2. The van der Waals surface area contributed by atoms with Gasteiger partial charge in [0.25, 0.3) is 0 Å². The summed E-state index contributed by atoms with van der Waals surface area (Å²) in [5.41, 5.74) is 5.68. The molecule has 194 valence electrons. The molecular formula is C21H38N6O7. The number of nitrogens with two attached hydrogens (primary N) is 1. The summed E-state index contributed by atoms with van der Waals surface area (Å²) in [7, 11) is 0. The predicted molar refractivity (Wildman–Crippen MR) is 121 cm³/mol. The molecule has 2 unspecified atom stereocenters. The van der Waals surface area contributed by atoms with Crippen molar-refractivity contribution in [2.24, 2.45) is 5.73 Å². The minimum absolute atomic E-state index is 0.0182. The summed E-state index contributed by atoms with van der Waals surface area (Å²) in [4.78, 5) is 39.9. The van der Waals surface area contributed by atoms with E-state index < -0.39 is 42.8 Å². The Hall–Kier alpha value is -2.77. The van der Waals surface area contributed by atoms with E-state index in [4.69, 9.17) is 20.5 Å².